The van der Waals surface area contributed by atoms with E-state index in [1.54, 1.807) is 29.4 Å². The fourth-order valence-corrected chi connectivity index (χ4v) is 4.39. The monoisotopic (exact) mass is 327 g/mol. The number of rotatable bonds is 2. The van der Waals surface area contributed by atoms with Crippen LogP contribution in [0.15, 0.2) is 40.4 Å². The molecule has 0 aliphatic carbocycles. The van der Waals surface area contributed by atoms with Gasteiger partial charge in [0.15, 0.2) is 5.16 Å². The number of nitrogens with zero attached hydrogens (tertiary/aromatic N) is 3. The Morgan fingerprint density at radius 1 is 1.39 bits per heavy atom. The highest BCUT2D eigenvalue weighted by Gasteiger charge is 2.31. The molecule has 1 aromatic heterocycles. The quantitative estimate of drug-likeness (QED) is 0.793. The smallest absolute Gasteiger partial charge is 0.257 e. The number of anilines is 1. The van der Waals surface area contributed by atoms with E-state index in [2.05, 4.69) is 11.1 Å². The summed E-state index contributed by atoms with van der Waals surface area (Å²) in [5.74, 6) is 0.814. The van der Waals surface area contributed by atoms with Gasteiger partial charge < -0.3 is 4.90 Å². The van der Waals surface area contributed by atoms with Crippen LogP contribution >= 0.6 is 11.8 Å². The maximum atomic E-state index is 12.8. The molecule has 0 fully saturated rings. The zero-order valence-corrected chi connectivity index (χ0v) is 13.7. The first-order valence-electron chi connectivity index (χ1n) is 7.74. The number of hydrogen-bond acceptors (Lipinski definition) is 4. The molecule has 1 unspecified atom stereocenters. The van der Waals surface area contributed by atoms with Crippen LogP contribution < -0.4 is 10.5 Å². The molecular weight excluding hydrogens is 310 g/mol. The molecule has 0 bridgehead atoms. The maximum absolute atomic E-state index is 12.8. The first-order valence-corrected chi connectivity index (χ1v) is 8.73. The Morgan fingerprint density at radius 3 is 3.09 bits per heavy atom. The lowest BCUT2D eigenvalue weighted by Crippen LogP contribution is -2.33. The molecule has 23 heavy (non-hydrogen) atoms. The number of benzene rings is 1. The van der Waals surface area contributed by atoms with Gasteiger partial charge >= 0.3 is 0 Å². The zero-order chi connectivity index (χ0) is 16.0. The van der Waals surface area contributed by atoms with Gasteiger partial charge in [0, 0.05) is 36.2 Å². The molecule has 0 spiro atoms. The van der Waals surface area contributed by atoms with Crippen LogP contribution in [0.2, 0.25) is 0 Å². The molecule has 1 aromatic carbocycles. The minimum Gasteiger partial charge on any atom is -0.312 e. The van der Waals surface area contributed by atoms with Gasteiger partial charge in [-0.2, -0.15) is 0 Å². The van der Waals surface area contributed by atoms with Crippen LogP contribution in [-0.2, 0) is 11.2 Å². The zero-order valence-electron chi connectivity index (χ0n) is 12.9. The van der Waals surface area contributed by atoms with Crippen LogP contribution in [0, 0.1) is 6.92 Å². The van der Waals surface area contributed by atoms with Crippen LogP contribution in [0.3, 0.4) is 0 Å². The number of hydrogen-bond donors (Lipinski definition) is 0. The van der Waals surface area contributed by atoms with Gasteiger partial charge in [0.05, 0.1) is 6.04 Å². The normalized spacial score (nSPS) is 18.8. The second-order valence-corrected chi connectivity index (χ2v) is 6.98. The Balaban J connectivity index is 1.59. The molecule has 1 amide bonds. The average Bonchev–Trinajstić information content (AvgIpc) is 3.15. The molecule has 118 valence electrons. The lowest BCUT2D eigenvalue weighted by molar-refractivity contribution is -0.119. The highest BCUT2D eigenvalue weighted by atomic mass is 32.2. The van der Waals surface area contributed by atoms with Gasteiger partial charge in [-0.05, 0) is 25.0 Å². The molecule has 0 saturated carbocycles. The summed E-state index contributed by atoms with van der Waals surface area (Å²) < 4.78 is 1.69. The van der Waals surface area contributed by atoms with Crippen molar-refractivity contribution in [2.45, 2.75) is 31.0 Å². The largest absolute Gasteiger partial charge is 0.312 e. The van der Waals surface area contributed by atoms with Gasteiger partial charge in [0.1, 0.15) is 0 Å². The minimum atomic E-state index is -0.102. The first-order chi connectivity index (χ1) is 11.1. The van der Waals surface area contributed by atoms with Gasteiger partial charge in [-0.1, -0.05) is 30.0 Å². The SMILES string of the molecule is Cc1cnc2n(c1=O)C(CC(=O)N1CCc3ccccc31)CS2. The summed E-state index contributed by atoms with van der Waals surface area (Å²) in [4.78, 5) is 31.3. The summed E-state index contributed by atoms with van der Waals surface area (Å²) in [5, 5.41) is 0.722. The van der Waals surface area contributed by atoms with Crippen LogP contribution in [0.25, 0.3) is 0 Å². The molecule has 2 aliphatic heterocycles. The predicted molar refractivity (Wildman–Crippen MR) is 90.1 cm³/mol. The number of amides is 1. The number of para-hydroxylation sites is 1. The van der Waals surface area contributed by atoms with Crippen molar-refractivity contribution in [2.75, 3.05) is 17.2 Å². The Bertz CT molecular complexity index is 846. The summed E-state index contributed by atoms with van der Waals surface area (Å²) >= 11 is 1.55. The molecule has 0 radical (unpaired) electrons. The number of carbonyl (C=O) groups excluding carboxylic acids is 1. The van der Waals surface area contributed by atoms with Crippen LogP contribution in [0.5, 0.6) is 0 Å². The number of aryl methyl sites for hydroxylation is 1. The Morgan fingerprint density at radius 2 is 2.22 bits per heavy atom. The van der Waals surface area contributed by atoms with Gasteiger partial charge in [0.2, 0.25) is 5.91 Å². The highest BCUT2D eigenvalue weighted by Crippen LogP contribution is 2.34. The van der Waals surface area contributed by atoms with E-state index in [0.717, 1.165) is 29.6 Å². The van der Waals surface area contributed by atoms with Crippen molar-refractivity contribution >= 4 is 23.4 Å². The molecule has 0 saturated heterocycles. The van der Waals surface area contributed by atoms with Crippen LogP contribution in [-0.4, -0.2) is 27.8 Å². The van der Waals surface area contributed by atoms with Gasteiger partial charge in [-0.25, -0.2) is 4.98 Å². The molecule has 2 aliphatic rings. The molecule has 1 atom stereocenters. The van der Waals surface area contributed by atoms with Gasteiger partial charge in [-0.3, -0.25) is 14.2 Å². The van der Waals surface area contributed by atoms with Crippen molar-refractivity contribution in [3.8, 4) is 0 Å². The third-order valence-electron chi connectivity index (χ3n) is 4.50. The van der Waals surface area contributed by atoms with Crippen molar-refractivity contribution in [1.82, 2.24) is 9.55 Å². The molecular formula is C17H17N3O2S. The standard InChI is InChI=1S/C17H17N3O2S/c1-11-9-18-17-20(16(11)22)13(10-23-17)8-15(21)19-7-6-12-4-2-3-5-14(12)19/h2-5,9,13H,6-8,10H2,1H3. The van der Waals surface area contributed by atoms with E-state index >= 15 is 0 Å². The molecule has 0 N–H and O–H groups in total. The lowest BCUT2D eigenvalue weighted by Gasteiger charge is -2.20. The van der Waals surface area contributed by atoms with Crippen molar-refractivity contribution in [3.63, 3.8) is 0 Å². The second kappa shape index (κ2) is 5.53. The topological polar surface area (TPSA) is 55.2 Å². The molecule has 6 heteroatoms. The minimum absolute atomic E-state index is 0.0281. The number of carbonyl (C=O) groups is 1. The van der Waals surface area contributed by atoms with E-state index in [-0.39, 0.29) is 17.5 Å². The highest BCUT2D eigenvalue weighted by molar-refractivity contribution is 7.99. The van der Waals surface area contributed by atoms with E-state index in [1.807, 2.05) is 23.1 Å². The van der Waals surface area contributed by atoms with Gasteiger partial charge in [-0.15, -0.1) is 0 Å². The van der Waals surface area contributed by atoms with Gasteiger partial charge in [0.25, 0.3) is 5.56 Å². The van der Waals surface area contributed by atoms with Crippen LogP contribution in [0.4, 0.5) is 5.69 Å². The third-order valence-corrected chi connectivity index (χ3v) is 5.61. The molecule has 5 nitrogen and oxygen atoms in total. The van der Waals surface area contributed by atoms with E-state index in [9.17, 15) is 9.59 Å². The average molecular weight is 327 g/mol. The third kappa shape index (κ3) is 2.37. The van der Waals surface area contributed by atoms with Crippen molar-refractivity contribution in [3.05, 3.63) is 51.9 Å². The molecule has 4 rings (SSSR count). The van der Waals surface area contributed by atoms with Crippen molar-refractivity contribution in [2.24, 2.45) is 0 Å². The Kier molecular flexibility index (Phi) is 3.49. The van der Waals surface area contributed by atoms with E-state index in [4.69, 9.17) is 0 Å². The van der Waals surface area contributed by atoms with E-state index < -0.39 is 0 Å². The predicted octanol–water partition coefficient (Wildman–Crippen LogP) is 2.18. The first kappa shape index (κ1) is 14.5. The maximum Gasteiger partial charge on any atom is 0.257 e. The fraction of sp³-hybridized carbons (Fsp3) is 0.353. The lowest BCUT2D eigenvalue weighted by atomic mass is 10.1. The summed E-state index contributed by atoms with van der Waals surface area (Å²) in [5.41, 5.74) is 2.83. The van der Waals surface area contributed by atoms with E-state index in [1.165, 1.54) is 5.56 Å². The summed E-state index contributed by atoms with van der Waals surface area (Å²) in [6, 6.07) is 7.93. The number of thioether (sulfide) groups is 1. The molecule has 2 aromatic rings. The summed E-state index contributed by atoms with van der Waals surface area (Å²) in [6.07, 6.45) is 2.86. The van der Waals surface area contributed by atoms with Crippen molar-refractivity contribution in [1.29, 1.82) is 0 Å². The van der Waals surface area contributed by atoms with Crippen molar-refractivity contribution < 1.29 is 4.79 Å². The number of aromatic nitrogens is 2. The molecule has 3 heterocycles. The van der Waals surface area contributed by atoms with Crippen LogP contribution in [0.1, 0.15) is 23.6 Å². The fourth-order valence-electron chi connectivity index (χ4n) is 3.28. The second-order valence-electron chi connectivity index (χ2n) is 5.99. The van der Waals surface area contributed by atoms with E-state index in [0.29, 0.717) is 12.0 Å². The summed E-state index contributed by atoms with van der Waals surface area (Å²) in [7, 11) is 0. The Labute approximate surface area is 138 Å². The number of fused-ring (bicyclic) bond motifs is 2. The summed E-state index contributed by atoms with van der Waals surface area (Å²) in [6.45, 7) is 2.49. The Hall–Kier alpha value is -2.08.